The first kappa shape index (κ1) is 18.3. The summed E-state index contributed by atoms with van der Waals surface area (Å²) in [6.45, 7) is 0.237. The summed E-state index contributed by atoms with van der Waals surface area (Å²) in [6, 6.07) is 13.8. The van der Waals surface area contributed by atoms with Crippen molar-refractivity contribution in [3.05, 3.63) is 48.5 Å². The van der Waals surface area contributed by atoms with E-state index < -0.39 is 0 Å². The lowest BCUT2D eigenvalue weighted by Crippen LogP contribution is -2.10. The van der Waals surface area contributed by atoms with Crippen LogP contribution >= 0.6 is 23.5 Å². The van der Waals surface area contributed by atoms with Crippen LogP contribution in [0.25, 0.3) is 0 Å². The van der Waals surface area contributed by atoms with Crippen LogP contribution in [0.4, 0.5) is 5.95 Å². The highest BCUT2D eigenvalue weighted by Gasteiger charge is 2.12. The summed E-state index contributed by atoms with van der Waals surface area (Å²) < 4.78 is 0. The summed E-state index contributed by atoms with van der Waals surface area (Å²) in [5.74, 6) is 0.584. The van der Waals surface area contributed by atoms with Gasteiger partial charge in [-0.2, -0.15) is 15.0 Å². The van der Waals surface area contributed by atoms with Crippen molar-refractivity contribution in [2.24, 2.45) is 0 Å². The number of aromatic nitrogens is 3. The Balaban J connectivity index is 1.91. The van der Waals surface area contributed by atoms with E-state index in [4.69, 9.17) is 5.11 Å². The Morgan fingerprint density at radius 1 is 0.769 bits per heavy atom. The Morgan fingerprint density at radius 3 is 1.73 bits per heavy atom. The average molecular weight is 388 g/mol. The van der Waals surface area contributed by atoms with Crippen molar-refractivity contribution >= 4 is 29.5 Å². The normalized spacial score (nSPS) is 10.7. The predicted molar refractivity (Wildman–Crippen MR) is 99.9 cm³/mol. The number of phenolic OH excluding ortho intramolecular Hbond substituents is 2. The van der Waals surface area contributed by atoms with Crippen LogP contribution < -0.4 is 5.32 Å². The first-order valence-corrected chi connectivity index (χ1v) is 9.31. The second-order valence-corrected chi connectivity index (χ2v) is 7.03. The molecule has 0 fully saturated rings. The molecule has 0 aliphatic rings. The van der Waals surface area contributed by atoms with E-state index in [1.165, 1.54) is 23.5 Å². The molecule has 0 saturated heterocycles. The predicted octanol–water partition coefficient (Wildman–Crippen LogP) is 2.99. The lowest BCUT2D eigenvalue weighted by Gasteiger charge is -2.09. The zero-order valence-corrected chi connectivity index (χ0v) is 15.2. The summed E-state index contributed by atoms with van der Waals surface area (Å²) in [7, 11) is 0. The average Bonchev–Trinajstić information content (AvgIpc) is 2.64. The number of nitrogens with zero attached hydrogens (tertiary/aromatic N) is 3. The SMILES string of the molecule is OCCNc1nc(Sc2ccccc2O)nc(Sc2ccccc2O)n1. The monoisotopic (exact) mass is 388 g/mol. The number of phenols is 2. The smallest absolute Gasteiger partial charge is 0.227 e. The summed E-state index contributed by atoms with van der Waals surface area (Å²) in [6.07, 6.45) is 0. The Hall–Kier alpha value is -2.49. The number of aromatic hydroxyl groups is 2. The van der Waals surface area contributed by atoms with Gasteiger partial charge in [-0.1, -0.05) is 24.3 Å². The molecule has 26 heavy (non-hydrogen) atoms. The van der Waals surface area contributed by atoms with Crippen molar-refractivity contribution in [2.45, 2.75) is 20.1 Å². The van der Waals surface area contributed by atoms with Crippen molar-refractivity contribution < 1.29 is 15.3 Å². The molecule has 0 aliphatic heterocycles. The van der Waals surface area contributed by atoms with E-state index in [9.17, 15) is 10.2 Å². The maximum atomic E-state index is 9.94. The van der Waals surface area contributed by atoms with Crippen molar-refractivity contribution in [3.8, 4) is 11.5 Å². The highest BCUT2D eigenvalue weighted by Crippen LogP contribution is 2.36. The molecule has 134 valence electrons. The Kier molecular flexibility index (Phi) is 6.16. The number of aliphatic hydroxyl groups excluding tert-OH is 1. The molecule has 2 aromatic carbocycles. The molecular formula is C17H16N4O3S2. The first-order chi connectivity index (χ1) is 12.7. The molecule has 0 unspecified atom stereocenters. The van der Waals surface area contributed by atoms with Gasteiger partial charge in [0.15, 0.2) is 10.3 Å². The minimum atomic E-state index is -0.0599. The summed E-state index contributed by atoms with van der Waals surface area (Å²) >= 11 is 2.40. The molecule has 4 N–H and O–H groups in total. The molecular weight excluding hydrogens is 372 g/mol. The number of para-hydroxylation sites is 2. The Morgan fingerprint density at radius 2 is 1.27 bits per heavy atom. The largest absolute Gasteiger partial charge is 0.507 e. The third kappa shape index (κ3) is 4.78. The molecule has 0 saturated carbocycles. The zero-order chi connectivity index (χ0) is 18.4. The van der Waals surface area contributed by atoms with Gasteiger partial charge in [0, 0.05) is 6.54 Å². The minimum absolute atomic E-state index is 0.0599. The van der Waals surface area contributed by atoms with Crippen LogP contribution in [0.3, 0.4) is 0 Å². The second-order valence-electron chi connectivity index (χ2n) is 5.01. The van der Waals surface area contributed by atoms with Gasteiger partial charge in [0.1, 0.15) is 11.5 Å². The molecule has 0 aliphatic carbocycles. The highest BCUT2D eigenvalue weighted by molar-refractivity contribution is 8.00. The molecule has 9 heteroatoms. The van der Waals surface area contributed by atoms with E-state index in [-0.39, 0.29) is 18.1 Å². The number of anilines is 1. The number of aliphatic hydroxyl groups is 1. The van der Waals surface area contributed by atoms with E-state index in [1.54, 1.807) is 36.4 Å². The van der Waals surface area contributed by atoms with Crippen LogP contribution in [-0.2, 0) is 0 Å². The van der Waals surface area contributed by atoms with Crippen molar-refractivity contribution in [2.75, 3.05) is 18.5 Å². The van der Waals surface area contributed by atoms with Crippen LogP contribution in [0, 0.1) is 0 Å². The molecule has 7 nitrogen and oxygen atoms in total. The van der Waals surface area contributed by atoms with Crippen molar-refractivity contribution in [1.82, 2.24) is 15.0 Å². The molecule has 0 radical (unpaired) electrons. The standard InChI is InChI=1S/C17H16N4O3S2/c22-10-9-18-15-19-16(25-13-7-3-1-5-11(13)23)21-17(20-15)26-14-8-4-2-6-12(14)24/h1-8,22-24H,9-10H2,(H,18,19,20,21). The second kappa shape index (κ2) is 8.75. The molecule has 1 aromatic heterocycles. The molecule has 0 atom stereocenters. The summed E-state index contributed by atoms with van der Waals surface area (Å²) in [5.41, 5.74) is 0. The number of hydrogen-bond donors (Lipinski definition) is 4. The summed E-state index contributed by atoms with van der Waals surface area (Å²) in [4.78, 5) is 14.2. The first-order valence-electron chi connectivity index (χ1n) is 7.68. The third-order valence-electron chi connectivity index (χ3n) is 3.12. The van der Waals surface area contributed by atoms with Gasteiger partial charge in [-0.25, -0.2) is 0 Å². The number of nitrogens with one attached hydrogen (secondary N) is 1. The molecule has 0 spiro atoms. The fraction of sp³-hybridized carbons (Fsp3) is 0.118. The van der Waals surface area contributed by atoms with Gasteiger partial charge in [-0.05, 0) is 47.8 Å². The van der Waals surface area contributed by atoms with Crippen LogP contribution in [-0.4, -0.2) is 43.4 Å². The van der Waals surface area contributed by atoms with Crippen LogP contribution in [0.15, 0.2) is 68.6 Å². The van der Waals surface area contributed by atoms with Gasteiger partial charge in [0.25, 0.3) is 0 Å². The highest BCUT2D eigenvalue weighted by atomic mass is 32.2. The molecule has 3 rings (SSSR count). The number of hydrogen-bond acceptors (Lipinski definition) is 9. The molecule has 0 amide bonds. The molecule has 3 aromatic rings. The van der Waals surface area contributed by atoms with Crippen LogP contribution in [0.5, 0.6) is 11.5 Å². The lowest BCUT2D eigenvalue weighted by molar-refractivity contribution is 0.310. The van der Waals surface area contributed by atoms with Crippen molar-refractivity contribution in [3.63, 3.8) is 0 Å². The third-order valence-corrected chi connectivity index (χ3v) is 4.98. The quantitative estimate of drug-likeness (QED) is 0.485. The van der Waals surface area contributed by atoms with Gasteiger partial charge in [0.05, 0.1) is 16.4 Å². The van der Waals surface area contributed by atoms with E-state index >= 15 is 0 Å². The van der Waals surface area contributed by atoms with E-state index in [1.807, 2.05) is 12.1 Å². The van der Waals surface area contributed by atoms with E-state index in [0.29, 0.717) is 32.6 Å². The van der Waals surface area contributed by atoms with Gasteiger partial charge in [-0.15, -0.1) is 0 Å². The van der Waals surface area contributed by atoms with Gasteiger partial charge >= 0.3 is 0 Å². The number of benzene rings is 2. The maximum absolute atomic E-state index is 9.94. The Labute approximate surface area is 158 Å². The fourth-order valence-corrected chi connectivity index (χ4v) is 3.58. The maximum Gasteiger partial charge on any atom is 0.227 e. The van der Waals surface area contributed by atoms with Gasteiger partial charge in [-0.3, -0.25) is 0 Å². The van der Waals surface area contributed by atoms with Crippen LogP contribution in [0.1, 0.15) is 0 Å². The lowest BCUT2D eigenvalue weighted by atomic mass is 10.3. The molecule has 1 heterocycles. The van der Waals surface area contributed by atoms with Gasteiger partial charge < -0.3 is 20.6 Å². The van der Waals surface area contributed by atoms with E-state index in [0.717, 1.165) is 0 Å². The zero-order valence-electron chi connectivity index (χ0n) is 13.5. The topological polar surface area (TPSA) is 111 Å². The Bertz CT molecular complexity index is 830. The molecule has 0 bridgehead atoms. The van der Waals surface area contributed by atoms with Crippen molar-refractivity contribution in [1.29, 1.82) is 0 Å². The number of rotatable bonds is 7. The van der Waals surface area contributed by atoms with Crippen LogP contribution in [0.2, 0.25) is 0 Å². The van der Waals surface area contributed by atoms with E-state index in [2.05, 4.69) is 20.3 Å². The van der Waals surface area contributed by atoms with Gasteiger partial charge in [0.2, 0.25) is 5.95 Å². The minimum Gasteiger partial charge on any atom is -0.507 e. The summed E-state index contributed by atoms with van der Waals surface area (Å²) in [5, 5.41) is 32.6. The fourth-order valence-electron chi connectivity index (χ4n) is 1.96.